The van der Waals surface area contributed by atoms with E-state index >= 15 is 0 Å². The monoisotopic (exact) mass is 218 g/mol. The first kappa shape index (κ1) is 9.54. The maximum Gasteiger partial charge on any atom is 0.214 e. The van der Waals surface area contributed by atoms with Gasteiger partial charge in [0.05, 0.1) is 5.54 Å². The molecular formula is C12H11FN2O. The van der Waals surface area contributed by atoms with Gasteiger partial charge >= 0.3 is 0 Å². The summed E-state index contributed by atoms with van der Waals surface area (Å²) < 4.78 is 18.8. The van der Waals surface area contributed by atoms with Crippen LogP contribution in [-0.2, 0) is 5.54 Å². The Kier molecular flexibility index (Phi) is 1.88. The molecule has 0 radical (unpaired) electrons. The van der Waals surface area contributed by atoms with Crippen LogP contribution in [-0.4, -0.2) is 4.98 Å². The summed E-state index contributed by atoms with van der Waals surface area (Å²) in [6, 6.07) is 6.49. The maximum absolute atomic E-state index is 13.5. The smallest absolute Gasteiger partial charge is 0.214 e. The average molecular weight is 218 g/mol. The molecule has 0 atom stereocenters. The molecule has 1 fully saturated rings. The number of halogens is 1. The van der Waals surface area contributed by atoms with Crippen LogP contribution in [0, 0.1) is 5.82 Å². The van der Waals surface area contributed by atoms with Crippen molar-refractivity contribution in [3.8, 4) is 11.3 Å². The molecule has 16 heavy (non-hydrogen) atoms. The third-order valence-corrected chi connectivity index (χ3v) is 2.87. The number of aromatic nitrogens is 1. The average Bonchev–Trinajstić information content (AvgIpc) is 2.84. The van der Waals surface area contributed by atoms with Crippen LogP contribution in [0.25, 0.3) is 11.3 Å². The molecule has 4 heteroatoms. The summed E-state index contributed by atoms with van der Waals surface area (Å²) in [7, 11) is 0. The van der Waals surface area contributed by atoms with E-state index in [-0.39, 0.29) is 5.82 Å². The Morgan fingerprint density at radius 1 is 1.31 bits per heavy atom. The van der Waals surface area contributed by atoms with Crippen molar-refractivity contribution < 1.29 is 8.81 Å². The van der Waals surface area contributed by atoms with Crippen molar-refractivity contribution in [2.75, 3.05) is 0 Å². The van der Waals surface area contributed by atoms with Crippen LogP contribution >= 0.6 is 0 Å². The molecule has 82 valence electrons. The summed E-state index contributed by atoms with van der Waals surface area (Å²) in [6.45, 7) is 0. The summed E-state index contributed by atoms with van der Waals surface area (Å²) in [4.78, 5) is 4.24. The van der Waals surface area contributed by atoms with E-state index in [1.807, 2.05) is 0 Å². The van der Waals surface area contributed by atoms with E-state index < -0.39 is 5.54 Å². The zero-order valence-corrected chi connectivity index (χ0v) is 8.61. The molecule has 0 bridgehead atoms. The molecule has 0 unspecified atom stereocenters. The Balaban J connectivity index is 2.02. The number of nitrogens with zero attached hydrogens (tertiary/aromatic N) is 1. The fraction of sp³-hybridized carbons (Fsp3) is 0.250. The standard InChI is InChI=1S/C12H11FN2O/c13-9-4-2-1-3-8(9)10-7-16-11(15-10)12(14)5-6-12/h1-4,7H,5-6,14H2. The van der Waals surface area contributed by atoms with E-state index in [9.17, 15) is 4.39 Å². The van der Waals surface area contributed by atoms with Gasteiger partial charge in [0.15, 0.2) is 0 Å². The van der Waals surface area contributed by atoms with Crippen LogP contribution in [0.15, 0.2) is 34.9 Å². The zero-order valence-electron chi connectivity index (χ0n) is 8.61. The number of benzene rings is 1. The van der Waals surface area contributed by atoms with Gasteiger partial charge in [-0.1, -0.05) is 12.1 Å². The molecule has 1 aliphatic rings. The van der Waals surface area contributed by atoms with Crippen LogP contribution in [0.5, 0.6) is 0 Å². The number of nitrogens with two attached hydrogens (primary N) is 1. The van der Waals surface area contributed by atoms with Gasteiger partial charge in [-0.2, -0.15) is 0 Å². The third kappa shape index (κ3) is 1.42. The fourth-order valence-electron chi connectivity index (χ4n) is 1.64. The molecular weight excluding hydrogens is 207 g/mol. The van der Waals surface area contributed by atoms with Crippen LogP contribution in [0.2, 0.25) is 0 Å². The molecule has 0 aliphatic heterocycles. The lowest BCUT2D eigenvalue weighted by atomic mass is 10.1. The van der Waals surface area contributed by atoms with Gasteiger partial charge in [-0.3, -0.25) is 0 Å². The highest BCUT2D eigenvalue weighted by atomic mass is 19.1. The van der Waals surface area contributed by atoms with E-state index in [1.54, 1.807) is 18.2 Å². The summed E-state index contributed by atoms with van der Waals surface area (Å²) >= 11 is 0. The van der Waals surface area contributed by atoms with Gasteiger partial charge in [0.25, 0.3) is 0 Å². The van der Waals surface area contributed by atoms with Crippen LogP contribution in [0.1, 0.15) is 18.7 Å². The quantitative estimate of drug-likeness (QED) is 0.842. The minimum absolute atomic E-state index is 0.302. The Morgan fingerprint density at radius 3 is 2.75 bits per heavy atom. The second-order valence-electron chi connectivity index (χ2n) is 4.17. The molecule has 2 N–H and O–H groups in total. The number of hydrogen-bond acceptors (Lipinski definition) is 3. The summed E-state index contributed by atoms with van der Waals surface area (Å²) in [6.07, 6.45) is 3.22. The summed E-state index contributed by atoms with van der Waals surface area (Å²) in [5.41, 5.74) is 6.48. The minimum Gasteiger partial charge on any atom is -0.446 e. The van der Waals surface area contributed by atoms with Crippen molar-refractivity contribution in [1.29, 1.82) is 0 Å². The van der Waals surface area contributed by atoms with Gasteiger partial charge in [0, 0.05) is 5.56 Å². The Labute approximate surface area is 92.1 Å². The normalized spacial score (nSPS) is 17.4. The third-order valence-electron chi connectivity index (χ3n) is 2.87. The van der Waals surface area contributed by atoms with Gasteiger partial charge < -0.3 is 10.2 Å². The Morgan fingerprint density at radius 2 is 2.06 bits per heavy atom. The van der Waals surface area contributed by atoms with Crippen molar-refractivity contribution in [3.63, 3.8) is 0 Å². The minimum atomic E-state index is -0.413. The number of oxazole rings is 1. The predicted octanol–water partition coefficient (Wildman–Crippen LogP) is 2.43. The molecule has 1 aromatic heterocycles. The molecule has 1 aliphatic carbocycles. The lowest BCUT2D eigenvalue weighted by Crippen LogP contribution is -2.18. The van der Waals surface area contributed by atoms with E-state index in [0.717, 1.165) is 12.8 Å². The second kappa shape index (κ2) is 3.15. The molecule has 2 aromatic rings. The molecule has 0 amide bonds. The lowest BCUT2D eigenvalue weighted by Gasteiger charge is -2.00. The van der Waals surface area contributed by atoms with E-state index in [2.05, 4.69) is 4.98 Å². The molecule has 1 heterocycles. The maximum atomic E-state index is 13.5. The molecule has 1 aromatic carbocycles. The van der Waals surface area contributed by atoms with Gasteiger partial charge in [0.1, 0.15) is 17.8 Å². The van der Waals surface area contributed by atoms with Gasteiger partial charge in [-0.05, 0) is 25.0 Å². The first-order chi connectivity index (χ1) is 7.69. The fourth-order valence-corrected chi connectivity index (χ4v) is 1.64. The van der Waals surface area contributed by atoms with Crippen molar-refractivity contribution in [2.45, 2.75) is 18.4 Å². The number of rotatable bonds is 2. The van der Waals surface area contributed by atoms with Gasteiger partial charge in [-0.25, -0.2) is 9.37 Å². The summed E-state index contributed by atoms with van der Waals surface area (Å²) in [5.74, 6) is 0.204. The number of hydrogen-bond donors (Lipinski definition) is 1. The Hall–Kier alpha value is -1.68. The first-order valence-corrected chi connectivity index (χ1v) is 5.19. The molecule has 0 spiro atoms. The second-order valence-corrected chi connectivity index (χ2v) is 4.17. The van der Waals surface area contributed by atoms with E-state index in [0.29, 0.717) is 17.1 Å². The van der Waals surface area contributed by atoms with E-state index in [1.165, 1.54) is 12.3 Å². The van der Waals surface area contributed by atoms with Gasteiger partial charge in [-0.15, -0.1) is 0 Å². The van der Waals surface area contributed by atoms with Gasteiger partial charge in [0.2, 0.25) is 5.89 Å². The highest BCUT2D eigenvalue weighted by Gasteiger charge is 2.44. The largest absolute Gasteiger partial charge is 0.446 e. The molecule has 1 saturated carbocycles. The Bertz CT molecular complexity index is 531. The summed E-state index contributed by atoms with van der Waals surface area (Å²) in [5, 5.41) is 0. The highest BCUT2D eigenvalue weighted by molar-refractivity contribution is 5.58. The van der Waals surface area contributed by atoms with Crippen molar-refractivity contribution >= 4 is 0 Å². The topological polar surface area (TPSA) is 52.0 Å². The van der Waals surface area contributed by atoms with Crippen molar-refractivity contribution in [2.24, 2.45) is 5.73 Å². The molecule has 3 nitrogen and oxygen atoms in total. The highest BCUT2D eigenvalue weighted by Crippen LogP contribution is 2.42. The first-order valence-electron chi connectivity index (χ1n) is 5.19. The lowest BCUT2D eigenvalue weighted by molar-refractivity contribution is 0.440. The molecule has 3 rings (SSSR count). The van der Waals surface area contributed by atoms with E-state index in [4.69, 9.17) is 10.2 Å². The van der Waals surface area contributed by atoms with Crippen LogP contribution < -0.4 is 5.73 Å². The zero-order chi connectivity index (χ0) is 11.2. The van der Waals surface area contributed by atoms with Crippen molar-refractivity contribution in [1.82, 2.24) is 4.98 Å². The van der Waals surface area contributed by atoms with Crippen LogP contribution in [0.4, 0.5) is 4.39 Å². The SMILES string of the molecule is NC1(c2nc(-c3ccccc3F)co2)CC1. The van der Waals surface area contributed by atoms with Crippen molar-refractivity contribution in [3.05, 3.63) is 42.2 Å². The molecule has 0 saturated heterocycles. The predicted molar refractivity (Wildman–Crippen MR) is 57.0 cm³/mol. The van der Waals surface area contributed by atoms with Crippen LogP contribution in [0.3, 0.4) is 0 Å².